The van der Waals surface area contributed by atoms with Crippen LogP contribution in [0, 0.1) is 20.8 Å². The Morgan fingerprint density at radius 1 is 1.18 bits per heavy atom. The van der Waals surface area contributed by atoms with Crippen molar-refractivity contribution in [2.24, 2.45) is 0 Å². The lowest BCUT2D eigenvalue weighted by Gasteiger charge is -2.39. The number of carbonyl (C=O) groups excluding carboxylic acids is 1. The van der Waals surface area contributed by atoms with Gasteiger partial charge in [0, 0.05) is 73.9 Å². The van der Waals surface area contributed by atoms with Crippen molar-refractivity contribution in [1.29, 1.82) is 0 Å². The summed E-state index contributed by atoms with van der Waals surface area (Å²) in [6.07, 6.45) is 2.00. The summed E-state index contributed by atoms with van der Waals surface area (Å²) >= 11 is 0. The van der Waals surface area contributed by atoms with Gasteiger partial charge in [-0.1, -0.05) is 0 Å². The minimum Gasteiger partial charge on any atom is -0.381 e. The molecule has 2 N–H and O–H groups in total. The second-order valence-corrected chi connectivity index (χ2v) is 9.89. The number of hydrogen-bond donors (Lipinski definition) is 2. The van der Waals surface area contributed by atoms with Crippen molar-refractivity contribution in [3.63, 3.8) is 0 Å². The number of anilines is 1. The fraction of sp³-hybridized carbons (Fsp3) is 0.556. The molecule has 1 aromatic heterocycles. The van der Waals surface area contributed by atoms with Crippen LogP contribution in [-0.4, -0.2) is 61.7 Å². The third kappa shape index (κ3) is 5.05. The van der Waals surface area contributed by atoms with Crippen molar-refractivity contribution in [3.8, 4) is 0 Å². The minimum absolute atomic E-state index is 0.129. The number of likely N-dealkylation sites (tertiary alicyclic amines) is 1. The standard InChI is InChI=1S/C27H38N4O3/c1-6-31(22-7-9-34-10-8-22)25-13-20(21-15-30(5)16-21)12-23(19(25)4)26(32)28-14-24-17(2)11-18(3)29-27(24)33/h11-13,21-22H,6-10,14-16H2,1-5H3,(H,28,32)(H,29,33). The van der Waals surface area contributed by atoms with Crippen LogP contribution < -0.4 is 15.8 Å². The van der Waals surface area contributed by atoms with E-state index in [1.165, 1.54) is 5.56 Å². The summed E-state index contributed by atoms with van der Waals surface area (Å²) in [7, 11) is 2.13. The molecule has 1 aromatic carbocycles. The van der Waals surface area contributed by atoms with Crippen LogP contribution >= 0.6 is 0 Å². The first-order chi connectivity index (χ1) is 16.3. The maximum Gasteiger partial charge on any atom is 0.253 e. The number of nitrogens with zero attached hydrogens (tertiary/aromatic N) is 2. The lowest BCUT2D eigenvalue weighted by Crippen LogP contribution is -2.43. The van der Waals surface area contributed by atoms with Gasteiger partial charge in [0.15, 0.2) is 0 Å². The molecule has 3 heterocycles. The molecule has 1 amide bonds. The summed E-state index contributed by atoms with van der Waals surface area (Å²) in [6, 6.07) is 6.72. The van der Waals surface area contributed by atoms with Gasteiger partial charge in [0.1, 0.15) is 0 Å². The van der Waals surface area contributed by atoms with Crippen LogP contribution in [-0.2, 0) is 11.3 Å². The summed E-state index contributed by atoms with van der Waals surface area (Å²) in [4.78, 5) is 33.5. The highest BCUT2D eigenvalue weighted by molar-refractivity contribution is 5.97. The molecule has 2 aliphatic rings. The second-order valence-electron chi connectivity index (χ2n) is 9.89. The molecule has 34 heavy (non-hydrogen) atoms. The van der Waals surface area contributed by atoms with Crippen molar-refractivity contribution in [1.82, 2.24) is 15.2 Å². The molecule has 2 saturated heterocycles. The SMILES string of the molecule is CCN(c1cc(C2CN(C)C2)cc(C(=O)NCc2c(C)cc(C)[nH]c2=O)c1C)C1CCOCC1. The van der Waals surface area contributed by atoms with Crippen molar-refractivity contribution in [2.75, 3.05) is 44.8 Å². The number of likely N-dealkylation sites (N-methyl/N-ethyl adjacent to an activating group) is 1. The first-order valence-electron chi connectivity index (χ1n) is 12.4. The van der Waals surface area contributed by atoms with Gasteiger partial charge in [-0.25, -0.2) is 0 Å². The summed E-state index contributed by atoms with van der Waals surface area (Å²) in [5.41, 5.74) is 6.25. The molecule has 7 nitrogen and oxygen atoms in total. The molecule has 0 spiro atoms. The number of carbonyl (C=O) groups is 1. The normalized spacial score (nSPS) is 17.4. The molecule has 0 unspecified atom stereocenters. The molecular weight excluding hydrogens is 428 g/mol. The topological polar surface area (TPSA) is 77.7 Å². The molecule has 0 radical (unpaired) electrons. The van der Waals surface area contributed by atoms with Gasteiger partial charge in [0.05, 0.1) is 0 Å². The zero-order valence-corrected chi connectivity index (χ0v) is 21.2. The zero-order valence-electron chi connectivity index (χ0n) is 21.2. The van der Waals surface area contributed by atoms with Crippen molar-refractivity contribution < 1.29 is 9.53 Å². The van der Waals surface area contributed by atoms with Gasteiger partial charge in [-0.15, -0.1) is 0 Å². The van der Waals surface area contributed by atoms with E-state index in [0.29, 0.717) is 23.1 Å². The Bertz CT molecular complexity index is 1100. The van der Waals surface area contributed by atoms with E-state index < -0.39 is 0 Å². The van der Waals surface area contributed by atoms with Crippen LogP contribution in [0.25, 0.3) is 0 Å². The number of H-pyrrole nitrogens is 1. The fourth-order valence-corrected chi connectivity index (χ4v) is 5.39. The summed E-state index contributed by atoms with van der Waals surface area (Å²) in [5.74, 6) is 0.308. The number of amides is 1. The Kier molecular flexibility index (Phi) is 7.43. The van der Waals surface area contributed by atoms with Gasteiger partial charge >= 0.3 is 0 Å². The Morgan fingerprint density at radius 3 is 2.50 bits per heavy atom. The highest BCUT2D eigenvalue weighted by Crippen LogP contribution is 2.35. The molecule has 7 heteroatoms. The van der Waals surface area contributed by atoms with E-state index in [1.807, 2.05) is 26.8 Å². The number of rotatable bonds is 7. The second kappa shape index (κ2) is 10.3. The first-order valence-corrected chi connectivity index (χ1v) is 12.4. The lowest BCUT2D eigenvalue weighted by atomic mass is 9.88. The van der Waals surface area contributed by atoms with E-state index in [1.54, 1.807) is 0 Å². The maximum absolute atomic E-state index is 13.4. The molecule has 2 fully saturated rings. The van der Waals surface area contributed by atoms with Gasteiger partial charge in [0.25, 0.3) is 11.5 Å². The zero-order chi connectivity index (χ0) is 24.4. The summed E-state index contributed by atoms with van der Waals surface area (Å²) in [5, 5.41) is 3.02. The van der Waals surface area contributed by atoms with Gasteiger partial charge < -0.3 is 24.8 Å². The number of aryl methyl sites for hydroxylation is 2. The van der Waals surface area contributed by atoms with Gasteiger partial charge in [-0.3, -0.25) is 9.59 Å². The molecule has 0 saturated carbocycles. The van der Waals surface area contributed by atoms with E-state index >= 15 is 0 Å². The van der Waals surface area contributed by atoms with Gasteiger partial charge in [0.2, 0.25) is 0 Å². The molecule has 2 aromatic rings. The molecule has 0 atom stereocenters. The first kappa shape index (κ1) is 24.5. The Balaban J connectivity index is 1.65. The summed E-state index contributed by atoms with van der Waals surface area (Å²) < 4.78 is 5.60. The van der Waals surface area contributed by atoms with E-state index in [9.17, 15) is 9.59 Å². The number of aromatic amines is 1. The third-order valence-corrected chi connectivity index (χ3v) is 7.38. The van der Waals surface area contributed by atoms with E-state index in [2.05, 4.69) is 46.2 Å². The quantitative estimate of drug-likeness (QED) is 0.655. The predicted molar refractivity (Wildman–Crippen MR) is 136 cm³/mol. The Hall–Kier alpha value is -2.64. The van der Waals surface area contributed by atoms with Gasteiger partial charge in [-0.05, 0) is 82.5 Å². The van der Waals surface area contributed by atoms with Crippen molar-refractivity contribution >= 4 is 11.6 Å². The number of ether oxygens (including phenoxy) is 1. The van der Waals surface area contributed by atoms with Crippen molar-refractivity contribution in [2.45, 2.75) is 59.0 Å². The number of benzene rings is 1. The van der Waals surface area contributed by atoms with Crippen LogP contribution in [0.5, 0.6) is 0 Å². The van der Waals surface area contributed by atoms with Gasteiger partial charge in [-0.2, -0.15) is 0 Å². The molecular formula is C27H38N4O3. The predicted octanol–water partition coefficient (Wildman–Crippen LogP) is 3.26. The van der Waals surface area contributed by atoms with Crippen LogP contribution in [0.15, 0.2) is 23.0 Å². The Morgan fingerprint density at radius 2 is 1.88 bits per heavy atom. The number of aromatic nitrogens is 1. The molecule has 2 aliphatic heterocycles. The molecule has 0 bridgehead atoms. The molecule has 0 aliphatic carbocycles. The lowest BCUT2D eigenvalue weighted by molar-refractivity contribution is 0.0845. The summed E-state index contributed by atoms with van der Waals surface area (Å²) in [6.45, 7) is 12.7. The van der Waals surface area contributed by atoms with Crippen LogP contribution in [0.1, 0.15) is 64.0 Å². The molecule has 184 valence electrons. The highest BCUT2D eigenvalue weighted by Gasteiger charge is 2.29. The van der Waals surface area contributed by atoms with Crippen LogP contribution in [0.2, 0.25) is 0 Å². The number of nitrogens with one attached hydrogen (secondary N) is 2. The highest BCUT2D eigenvalue weighted by atomic mass is 16.5. The largest absolute Gasteiger partial charge is 0.381 e. The van der Waals surface area contributed by atoms with E-state index in [0.717, 1.165) is 68.2 Å². The van der Waals surface area contributed by atoms with Crippen LogP contribution in [0.4, 0.5) is 5.69 Å². The van der Waals surface area contributed by atoms with Crippen LogP contribution in [0.3, 0.4) is 0 Å². The molecule has 4 rings (SSSR count). The fourth-order valence-electron chi connectivity index (χ4n) is 5.39. The number of pyridine rings is 1. The maximum atomic E-state index is 13.4. The monoisotopic (exact) mass is 466 g/mol. The van der Waals surface area contributed by atoms with E-state index in [4.69, 9.17) is 4.74 Å². The third-order valence-electron chi connectivity index (χ3n) is 7.38. The average Bonchev–Trinajstić information content (AvgIpc) is 2.78. The van der Waals surface area contributed by atoms with Crippen molar-refractivity contribution in [3.05, 3.63) is 62.1 Å². The average molecular weight is 467 g/mol. The van der Waals surface area contributed by atoms with E-state index in [-0.39, 0.29) is 18.0 Å². The number of hydrogen-bond acceptors (Lipinski definition) is 5. The Labute approximate surface area is 202 Å². The minimum atomic E-state index is -0.141. The smallest absolute Gasteiger partial charge is 0.253 e.